The van der Waals surface area contributed by atoms with Gasteiger partial charge in [-0.1, -0.05) is 41.9 Å². The van der Waals surface area contributed by atoms with Crippen LogP contribution in [0.3, 0.4) is 0 Å². The van der Waals surface area contributed by atoms with Gasteiger partial charge in [-0.15, -0.1) is 0 Å². The van der Waals surface area contributed by atoms with Gasteiger partial charge < -0.3 is 5.11 Å². The molecular formula is C16H13ClO2. The molecule has 0 saturated heterocycles. The molecule has 0 saturated carbocycles. The zero-order chi connectivity index (χ0) is 13.7. The molecule has 19 heavy (non-hydrogen) atoms. The van der Waals surface area contributed by atoms with Gasteiger partial charge in [0.2, 0.25) is 0 Å². The van der Waals surface area contributed by atoms with E-state index in [0.29, 0.717) is 16.9 Å². The van der Waals surface area contributed by atoms with Crippen LogP contribution in [0.25, 0.3) is 6.08 Å². The van der Waals surface area contributed by atoms with E-state index in [9.17, 15) is 9.90 Å². The molecule has 0 spiro atoms. The summed E-state index contributed by atoms with van der Waals surface area (Å²) in [5, 5.41) is 10.1. The molecule has 0 unspecified atom stereocenters. The Morgan fingerprint density at radius 3 is 2.53 bits per heavy atom. The van der Waals surface area contributed by atoms with E-state index in [0.717, 1.165) is 17.5 Å². The Kier molecular flexibility index (Phi) is 4.37. The van der Waals surface area contributed by atoms with E-state index in [1.165, 1.54) is 6.08 Å². The molecule has 0 bridgehead atoms. The number of halogens is 1. The number of carbonyl (C=O) groups excluding carboxylic acids is 1. The van der Waals surface area contributed by atoms with Crippen molar-refractivity contribution in [3.8, 4) is 5.75 Å². The second kappa shape index (κ2) is 6.21. The van der Waals surface area contributed by atoms with Crippen LogP contribution in [-0.4, -0.2) is 11.4 Å². The van der Waals surface area contributed by atoms with Gasteiger partial charge >= 0.3 is 0 Å². The van der Waals surface area contributed by atoms with Gasteiger partial charge in [0.05, 0.1) is 5.02 Å². The maximum Gasteiger partial charge on any atom is 0.142 e. The van der Waals surface area contributed by atoms with E-state index in [-0.39, 0.29) is 5.75 Å². The van der Waals surface area contributed by atoms with E-state index in [1.807, 2.05) is 36.4 Å². The third-order valence-corrected chi connectivity index (χ3v) is 3.05. The number of phenolic OH excluding ortho intramolecular Hbond substituents is 1. The highest BCUT2D eigenvalue weighted by Crippen LogP contribution is 2.30. The van der Waals surface area contributed by atoms with Gasteiger partial charge in [-0.25, -0.2) is 0 Å². The SMILES string of the molecule is O=CC=Cc1cc(Cc2ccccc2)cc(Cl)c1O. The monoisotopic (exact) mass is 272 g/mol. The first kappa shape index (κ1) is 13.4. The van der Waals surface area contributed by atoms with Gasteiger partial charge in [-0.2, -0.15) is 0 Å². The quantitative estimate of drug-likeness (QED) is 0.678. The Labute approximate surface area is 117 Å². The highest BCUT2D eigenvalue weighted by Gasteiger charge is 2.07. The number of benzene rings is 2. The first-order valence-corrected chi connectivity index (χ1v) is 6.25. The molecule has 2 aromatic carbocycles. The topological polar surface area (TPSA) is 37.3 Å². The maximum atomic E-state index is 10.3. The molecule has 0 fully saturated rings. The average molecular weight is 273 g/mol. The van der Waals surface area contributed by atoms with Crippen molar-refractivity contribution in [3.05, 3.63) is 70.3 Å². The molecule has 1 N–H and O–H groups in total. The van der Waals surface area contributed by atoms with Crippen LogP contribution in [0.15, 0.2) is 48.5 Å². The molecule has 0 aliphatic carbocycles. The van der Waals surface area contributed by atoms with Crippen molar-refractivity contribution in [3.63, 3.8) is 0 Å². The number of phenols is 1. The van der Waals surface area contributed by atoms with Crippen molar-refractivity contribution < 1.29 is 9.90 Å². The number of aromatic hydroxyl groups is 1. The van der Waals surface area contributed by atoms with Crippen molar-refractivity contribution in [2.24, 2.45) is 0 Å². The highest BCUT2D eigenvalue weighted by atomic mass is 35.5. The Bertz CT molecular complexity index is 604. The van der Waals surface area contributed by atoms with Gasteiger partial charge in [0.15, 0.2) is 0 Å². The molecule has 0 aromatic heterocycles. The molecule has 0 aliphatic heterocycles. The molecule has 2 rings (SSSR count). The Morgan fingerprint density at radius 2 is 1.84 bits per heavy atom. The lowest BCUT2D eigenvalue weighted by molar-refractivity contribution is -0.104. The second-order valence-electron chi connectivity index (χ2n) is 4.17. The highest BCUT2D eigenvalue weighted by molar-refractivity contribution is 6.32. The fourth-order valence-corrected chi connectivity index (χ4v) is 2.13. The largest absolute Gasteiger partial charge is 0.506 e. The number of rotatable bonds is 4. The molecule has 0 amide bonds. The molecule has 3 heteroatoms. The lowest BCUT2D eigenvalue weighted by Crippen LogP contribution is -1.90. The van der Waals surface area contributed by atoms with Crippen LogP contribution in [0.4, 0.5) is 0 Å². The fraction of sp³-hybridized carbons (Fsp3) is 0.0625. The van der Waals surface area contributed by atoms with Gasteiger partial charge in [0.1, 0.15) is 12.0 Å². The molecule has 2 aromatic rings. The summed E-state index contributed by atoms with van der Waals surface area (Å²) in [6, 6.07) is 13.5. The molecule has 0 aliphatic rings. The minimum Gasteiger partial charge on any atom is -0.506 e. The lowest BCUT2D eigenvalue weighted by Gasteiger charge is -2.07. The van der Waals surface area contributed by atoms with Crippen molar-refractivity contribution >= 4 is 24.0 Å². The number of aldehydes is 1. The molecule has 96 valence electrons. The number of hydrogen-bond acceptors (Lipinski definition) is 2. The van der Waals surface area contributed by atoms with Crippen LogP contribution in [0.2, 0.25) is 5.02 Å². The Balaban J connectivity index is 2.34. The van der Waals surface area contributed by atoms with E-state index in [4.69, 9.17) is 11.6 Å². The van der Waals surface area contributed by atoms with E-state index < -0.39 is 0 Å². The fourth-order valence-electron chi connectivity index (χ4n) is 1.88. The summed E-state index contributed by atoms with van der Waals surface area (Å²) < 4.78 is 0. The van der Waals surface area contributed by atoms with Gasteiger partial charge in [-0.05, 0) is 41.8 Å². The molecule has 0 atom stereocenters. The van der Waals surface area contributed by atoms with Crippen LogP contribution in [-0.2, 0) is 11.2 Å². The lowest BCUT2D eigenvalue weighted by atomic mass is 10.0. The Hall–Kier alpha value is -2.06. The van der Waals surface area contributed by atoms with Crippen LogP contribution in [0.1, 0.15) is 16.7 Å². The predicted octanol–water partition coefficient (Wildman–Crippen LogP) is 3.85. The maximum absolute atomic E-state index is 10.3. The number of allylic oxidation sites excluding steroid dienone is 1. The number of hydrogen-bond donors (Lipinski definition) is 1. The van der Waals surface area contributed by atoms with Gasteiger partial charge in [0, 0.05) is 5.56 Å². The second-order valence-corrected chi connectivity index (χ2v) is 4.58. The van der Waals surface area contributed by atoms with Crippen LogP contribution >= 0.6 is 11.6 Å². The van der Waals surface area contributed by atoms with E-state index >= 15 is 0 Å². The van der Waals surface area contributed by atoms with Crippen LogP contribution < -0.4 is 0 Å². The van der Waals surface area contributed by atoms with Crippen molar-refractivity contribution in [2.45, 2.75) is 6.42 Å². The first-order chi connectivity index (χ1) is 9.20. The number of carbonyl (C=O) groups is 1. The summed E-state index contributed by atoms with van der Waals surface area (Å²) in [6.07, 6.45) is 4.26. The molecular weight excluding hydrogens is 260 g/mol. The Morgan fingerprint density at radius 1 is 1.11 bits per heavy atom. The molecule has 0 radical (unpaired) electrons. The first-order valence-electron chi connectivity index (χ1n) is 5.88. The van der Waals surface area contributed by atoms with Crippen molar-refractivity contribution in [1.82, 2.24) is 0 Å². The smallest absolute Gasteiger partial charge is 0.142 e. The van der Waals surface area contributed by atoms with Crippen molar-refractivity contribution in [2.75, 3.05) is 0 Å². The summed E-state index contributed by atoms with van der Waals surface area (Å²) >= 11 is 5.99. The van der Waals surface area contributed by atoms with Crippen molar-refractivity contribution in [1.29, 1.82) is 0 Å². The third-order valence-electron chi connectivity index (χ3n) is 2.76. The minimum atomic E-state index is -0.00317. The minimum absolute atomic E-state index is 0.00317. The summed E-state index contributed by atoms with van der Waals surface area (Å²) in [6.45, 7) is 0. The molecule has 0 heterocycles. The van der Waals surface area contributed by atoms with Crippen LogP contribution in [0, 0.1) is 0 Å². The third kappa shape index (κ3) is 3.46. The van der Waals surface area contributed by atoms with Crippen LogP contribution in [0.5, 0.6) is 5.75 Å². The van der Waals surface area contributed by atoms with Gasteiger partial charge in [-0.3, -0.25) is 4.79 Å². The summed E-state index contributed by atoms with van der Waals surface area (Å²) in [5.74, 6) is -0.00317. The summed E-state index contributed by atoms with van der Waals surface area (Å²) in [5.41, 5.74) is 2.69. The normalized spacial score (nSPS) is 10.8. The van der Waals surface area contributed by atoms with E-state index in [1.54, 1.807) is 12.1 Å². The molecule has 2 nitrogen and oxygen atoms in total. The zero-order valence-corrected chi connectivity index (χ0v) is 11.0. The average Bonchev–Trinajstić information content (AvgIpc) is 2.42. The standard InChI is InChI=1S/C16H13ClO2/c17-15-11-13(9-12-5-2-1-3-6-12)10-14(16(15)19)7-4-8-18/h1-8,10-11,19H,9H2. The van der Waals surface area contributed by atoms with Gasteiger partial charge in [0.25, 0.3) is 0 Å². The summed E-state index contributed by atoms with van der Waals surface area (Å²) in [4.78, 5) is 10.3. The predicted molar refractivity (Wildman–Crippen MR) is 77.5 cm³/mol. The van der Waals surface area contributed by atoms with E-state index in [2.05, 4.69) is 0 Å². The summed E-state index contributed by atoms with van der Waals surface area (Å²) in [7, 11) is 0. The zero-order valence-electron chi connectivity index (χ0n) is 10.2.